The molecular formula is C24H41LiO3S. The summed E-state index contributed by atoms with van der Waals surface area (Å²) in [6, 6.07) is 6.60. The number of hydrogen-bond donors (Lipinski definition) is 0. The third-order valence-corrected chi connectivity index (χ3v) is 6.48. The number of hydrogen-bond acceptors (Lipinski definition) is 3. The maximum Gasteiger partial charge on any atom is 1.00 e. The van der Waals surface area contributed by atoms with E-state index in [9.17, 15) is 13.0 Å². The van der Waals surface area contributed by atoms with E-state index >= 15 is 0 Å². The van der Waals surface area contributed by atoms with Gasteiger partial charge in [-0.15, -0.1) is 0 Å². The summed E-state index contributed by atoms with van der Waals surface area (Å²) in [5.74, 6) is 0. The summed E-state index contributed by atoms with van der Waals surface area (Å²) in [5, 5.41) is 0. The molecule has 0 aromatic heterocycles. The Hall–Kier alpha value is -0.273. The Morgan fingerprint density at radius 2 is 1.03 bits per heavy atom. The summed E-state index contributed by atoms with van der Waals surface area (Å²) in [6.45, 7) is 2.27. The van der Waals surface area contributed by atoms with Crippen molar-refractivity contribution >= 4 is 10.1 Å². The van der Waals surface area contributed by atoms with Crippen LogP contribution in [0.4, 0.5) is 0 Å². The zero-order chi connectivity index (χ0) is 20.5. The standard InChI is InChI=1S/C24H42O3S.Li/c1-2-3-4-5-6-7-8-9-10-11-12-13-14-15-16-17-20-23-21-18-19-22-24(23)28(25,26)27;/h18-19,21-22H,2-17,20H2,1H3,(H,25,26,27);/q;+1/p-1. The maximum absolute atomic E-state index is 11.3. The van der Waals surface area contributed by atoms with Crippen LogP contribution in [0.25, 0.3) is 0 Å². The molecule has 5 heteroatoms. The summed E-state index contributed by atoms with van der Waals surface area (Å²) in [7, 11) is -4.36. The van der Waals surface area contributed by atoms with E-state index in [1.807, 2.05) is 0 Å². The van der Waals surface area contributed by atoms with E-state index in [4.69, 9.17) is 0 Å². The first-order chi connectivity index (χ1) is 13.6. The van der Waals surface area contributed by atoms with Gasteiger partial charge in [-0.25, -0.2) is 8.42 Å². The molecule has 0 spiro atoms. The van der Waals surface area contributed by atoms with E-state index in [2.05, 4.69) is 6.92 Å². The van der Waals surface area contributed by atoms with Crippen LogP contribution in [-0.4, -0.2) is 13.0 Å². The van der Waals surface area contributed by atoms with Crippen LogP contribution in [0.2, 0.25) is 0 Å². The van der Waals surface area contributed by atoms with Crippen LogP contribution >= 0.6 is 0 Å². The summed E-state index contributed by atoms with van der Waals surface area (Å²) >= 11 is 0. The van der Waals surface area contributed by atoms with Crippen molar-refractivity contribution < 1.29 is 31.8 Å². The fourth-order valence-electron chi connectivity index (χ4n) is 3.82. The number of benzene rings is 1. The molecule has 162 valence electrons. The van der Waals surface area contributed by atoms with Gasteiger partial charge in [0.25, 0.3) is 0 Å². The zero-order valence-corrected chi connectivity index (χ0v) is 19.8. The molecule has 0 bridgehead atoms. The zero-order valence-electron chi connectivity index (χ0n) is 19.0. The third kappa shape index (κ3) is 15.2. The Balaban J connectivity index is 0.00000784. The average molecular weight is 417 g/mol. The van der Waals surface area contributed by atoms with E-state index in [0.717, 1.165) is 12.8 Å². The SMILES string of the molecule is CCCCCCCCCCCCCCCCCCc1ccccc1S(=O)(=O)[O-].[Li+]. The minimum Gasteiger partial charge on any atom is -0.744 e. The van der Waals surface area contributed by atoms with E-state index in [1.165, 1.54) is 96.0 Å². The van der Waals surface area contributed by atoms with E-state index < -0.39 is 10.1 Å². The largest absolute Gasteiger partial charge is 1.00 e. The van der Waals surface area contributed by atoms with Crippen molar-refractivity contribution in [3.05, 3.63) is 29.8 Å². The number of rotatable bonds is 18. The Kier molecular flexibility index (Phi) is 18.3. The molecule has 0 fully saturated rings. The van der Waals surface area contributed by atoms with Gasteiger partial charge in [0.1, 0.15) is 10.1 Å². The molecule has 1 aromatic rings. The minimum atomic E-state index is -4.36. The molecule has 0 aliphatic rings. The Morgan fingerprint density at radius 1 is 0.655 bits per heavy atom. The van der Waals surface area contributed by atoms with E-state index in [0.29, 0.717) is 12.0 Å². The van der Waals surface area contributed by atoms with Crippen molar-refractivity contribution in [1.29, 1.82) is 0 Å². The van der Waals surface area contributed by atoms with Crippen LogP contribution in [-0.2, 0) is 16.5 Å². The topological polar surface area (TPSA) is 57.2 Å². The van der Waals surface area contributed by atoms with Crippen molar-refractivity contribution in [3.8, 4) is 0 Å². The second-order valence-electron chi connectivity index (χ2n) is 8.12. The van der Waals surface area contributed by atoms with Crippen molar-refractivity contribution in [2.45, 2.75) is 121 Å². The Bertz CT molecular complexity index is 602. The summed E-state index contributed by atoms with van der Waals surface area (Å²) < 4.78 is 33.8. The first-order valence-electron chi connectivity index (χ1n) is 11.6. The van der Waals surface area contributed by atoms with Gasteiger partial charge in [-0.2, -0.15) is 0 Å². The van der Waals surface area contributed by atoms with Gasteiger partial charge in [0, 0.05) is 0 Å². The van der Waals surface area contributed by atoms with E-state index in [-0.39, 0.29) is 23.8 Å². The molecule has 0 aliphatic carbocycles. The van der Waals surface area contributed by atoms with Gasteiger partial charge in [-0.3, -0.25) is 0 Å². The molecule has 0 amide bonds. The molecule has 0 aliphatic heterocycles. The van der Waals surface area contributed by atoms with Crippen LogP contribution in [0.3, 0.4) is 0 Å². The molecule has 0 saturated carbocycles. The fraction of sp³-hybridized carbons (Fsp3) is 0.750. The fourth-order valence-corrected chi connectivity index (χ4v) is 4.55. The quantitative estimate of drug-likeness (QED) is 0.202. The molecule has 1 rings (SSSR count). The Morgan fingerprint density at radius 3 is 1.45 bits per heavy atom. The van der Waals surface area contributed by atoms with Crippen LogP contribution in [0.5, 0.6) is 0 Å². The van der Waals surface area contributed by atoms with Gasteiger partial charge >= 0.3 is 18.9 Å². The monoisotopic (exact) mass is 416 g/mol. The molecule has 3 nitrogen and oxygen atoms in total. The predicted molar refractivity (Wildman–Crippen MR) is 118 cm³/mol. The molecular weight excluding hydrogens is 375 g/mol. The van der Waals surface area contributed by atoms with Crippen molar-refractivity contribution in [2.75, 3.05) is 0 Å². The maximum atomic E-state index is 11.3. The normalized spacial score (nSPS) is 11.4. The smallest absolute Gasteiger partial charge is 0.744 e. The molecule has 1 aromatic carbocycles. The van der Waals surface area contributed by atoms with Crippen molar-refractivity contribution in [1.82, 2.24) is 0 Å². The van der Waals surface area contributed by atoms with Gasteiger partial charge in [0.15, 0.2) is 0 Å². The molecule has 0 N–H and O–H groups in total. The molecule has 29 heavy (non-hydrogen) atoms. The van der Waals surface area contributed by atoms with Crippen molar-refractivity contribution in [2.24, 2.45) is 0 Å². The van der Waals surface area contributed by atoms with Gasteiger partial charge in [-0.05, 0) is 24.5 Å². The molecule has 0 radical (unpaired) electrons. The molecule has 0 unspecified atom stereocenters. The van der Waals surface area contributed by atoms with Crippen LogP contribution in [0.1, 0.15) is 115 Å². The third-order valence-electron chi connectivity index (χ3n) is 5.54. The number of aryl methyl sites for hydroxylation is 1. The first kappa shape index (κ1) is 28.7. The molecule has 0 atom stereocenters. The van der Waals surface area contributed by atoms with Crippen molar-refractivity contribution in [3.63, 3.8) is 0 Å². The number of unbranched alkanes of at least 4 members (excludes halogenated alkanes) is 15. The predicted octanol–water partition coefficient (Wildman–Crippen LogP) is 4.40. The summed E-state index contributed by atoms with van der Waals surface area (Å²) in [5.41, 5.74) is 0.669. The second kappa shape index (κ2) is 18.5. The van der Waals surface area contributed by atoms with Crippen LogP contribution < -0.4 is 18.9 Å². The molecule has 0 saturated heterocycles. The van der Waals surface area contributed by atoms with Gasteiger partial charge in [-0.1, -0.05) is 121 Å². The van der Waals surface area contributed by atoms with E-state index in [1.54, 1.807) is 18.2 Å². The van der Waals surface area contributed by atoms with Crippen LogP contribution in [0, 0.1) is 0 Å². The Labute approximate surface area is 192 Å². The van der Waals surface area contributed by atoms with Gasteiger partial charge in [0.2, 0.25) is 0 Å². The summed E-state index contributed by atoms with van der Waals surface area (Å²) in [6.07, 6.45) is 21.8. The molecule has 0 heterocycles. The van der Waals surface area contributed by atoms with Gasteiger partial charge in [0.05, 0.1) is 4.90 Å². The average Bonchev–Trinajstić information content (AvgIpc) is 2.67. The minimum absolute atomic E-state index is 0. The summed E-state index contributed by atoms with van der Waals surface area (Å²) in [4.78, 5) is -0.0454. The first-order valence-corrected chi connectivity index (χ1v) is 13.0. The van der Waals surface area contributed by atoms with Crippen LogP contribution in [0.15, 0.2) is 29.2 Å². The second-order valence-corrected chi connectivity index (χ2v) is 9.46. The van der Waals surface area contributed by atoms with Gasteiger partial charge < -0.3 is 4.55 Å².